The summed E-state index contributed by atoms with van der Waals surface area (Å²) in [5.74, 6) is 0.804. The molecule has 1 N–H and O–H groups in total. The zero-order valence-corrected chi connectivity index (χ0v) is 9.73. The fraction of sp³-hybridized carbons (Fsp3) is 0.364. The van der Waals surface area contributed by atoms with E-state index in [1.165, 1.54) is 11.9 Å². The number of aromatic nitrogens is 4. The monoisotopic (exact) mass is 217 g/mol. The Morgan fingerprint density at radius 3 is 2.81 bits per heavy atom. The molecule has 0 saturated carbocycles. The number of aryl methyl sites for hydroxylation is 1. The van der Waals surface area contributed by atoms with Gasteiger partial charge in [0, 0.05) is 30.1 Å². The molecule has 0 atom stereocenters. The third-order valence-electron chi connectivity index (χ3n) is 2.58. The molecule has 0 radical (unpaired) electrons. The molecule has 5 heteroatoms. The molecule has 0 amide bonds. The zero-order valence-electron chi connectivity index (χ0n) is 9.73. The Kier molecular flexibility index (Phi) is 2.96. The average molecular weight is 217 g/mol. The minimum Gasteiger partial charge on any atom is -0.316 e. The molecule has 0 fully saturated rings. The van der Waals surface area contributed by atoms with Gasteiger partial charge in [-0.25, -0.2) is 14.6 Å². The van der Waals surface area contributed by atoms with Gasteiger partial charge in [-0.05, 0) is 20.9 Å². The van der Waals surface area contributed by atoms with E-state index < -0.39 is 0 Å². The Morgan fingerprint density at radius 1 is 1.38 bits per heavy atom. The maximum atomic E-state index is 4.49. The van der Waals surface area contributed by atoms with E-state index in [0.29, 0.717) is 0 Å². The smallest absolute Gasteiger partial charge is 0.156 e. The first-order valence-corrected chi connectivity index (χ1v) is 5.20. The van der Waals surface area contributed by atoms with E-state index in [4.69, 9.17) is 0 Å². The van der Waals surface area contributed by atoms with Crippen molar-refractivity contribution in [2.45, 2.75) is 20.4 Å². The van der Waals surface area contributed by atoms with E-state index in [9.17, 15) is 0 Å². The molecule has 0 saturated heterocycles. The van der Waals surface area contributed by atoms with Crippen molar-refractivity contribution >= 4 is 0 Å². The Labute approximate surface area is 94.5 Å². The summed E-state index contributed by atoms with van der Waals surface area (Å²) in [7, 11) is 1.93. The first-order chi connectivity index (χ1) is 7.74. The molecular formula is C11H15N5. The van der Waals surface area contributed by atoms with E-state index in [2.05, 4.69) is 27.3 Å². The summed E-state index contributed by atoms with van der Waals surface area (Å²) in [5.41, 5.74) is 3.37. The lowest BCUT2D eigenvalue weighted by Gasteiger charge is -2.03. The highest BCUT2D eigenvalue weighted by Gasteiger charge is 2.12. The molecule has 2 heterocycles. The molecule has 16 heavy (non-hydrogen) atoms. The lowest BCUT2D eigenvalue weighted by molar-refractivity contribution is 0.789. The van der Waals surface area contributed by atoms with Gasteiger partial charge in [-0.3, -0.25) is 0 Å². The van der Waals surface area contributed by atoms with Crippen molar-refractivity contribution in [2.75, 3.05) is 7.05 Å². The SMILES string of the molecule is CNCc1c(C)nn(-c2ccncn2)c1C. The molecule has 2 aromatic rings. The van der Waals surface area contributed by atoms with Crippen LogP contribution in [0.15, 0.2) is 18.6 Å². The molecule has 0 aliphatic carbocycles. The zero-order chi connectivity index (χ0) is 11.5. The summed E-state index contributed by atoms with van der Waals surface area (Å²) in [6.45, 7) is 4.88. The van der Waals surface area contributed by atoms with Crippen LogP contribution in [0, 0.1) is 13.8 Å². The van der Waals surface area contributed by atoms with Crippen LogP contribution in [0.4, 0.5) is 0 Å². The van der Waals surface area contributed by atoms with Crippen LogP contribution in [0.25, 0.3) is 5.82 Å². The van der Waals surface area contributed by atoms with Crippen LogP contribution in [-0.2, 0) is 6.54 Å². The van der Waals surface area contributed by atoms with Crippen molar-refractivity contribution in [1.82, 2.24) is 25.1 Å². The Hall–Kier alpha value is -1.75. The van der Waals surface area contributed by atoms with E-state index in [-0.39, 0.29) is 0 Å². The molecule has 0 aliphatic heterocycles. The van der Waals surface area contributed by atoms with Crippen LogP contribution in [0.2, 0.25) is 0 Å². The molecule has 0 bridgehead atoms. The van der Waals surface area contributed by atoms with Crippen molar-refractivity contribution in [2.24, 2.45) is 0 Å². The summed E-state index contributed by atoms with van der Waals surface area (Å²) in [6, 6.07) is 1.85. The first kappa shape index (κ1) is 10.8. The van der Waals surface area contributed by atoms with Crippen molar-refractivity contribution in [1.29, 1.82) is 0 Å². The van der Waals surface area contributed by atoms with Crippen LogP contribution in [0.5, 0.6) is 0 Å². The fourth-order valence-corrected chi connectivity index (χ4v) is 1.74. The van der Waals surface area contributed by atoms with Gasteiger partial charge in [0.05, 0.1) is 5.69 Å². The van der Waals surface area contributed by atoms with Crippen LogP contribution in [0.1, 0.15) is 17.0 Å². The van der Waals surface area contributed by atoms with Crippen LogP contribution < -0.4 is 5.32 Å². The molecule has 0 aliphatic rings. The Balaban J connectivity index is 2.47. The topological polar surface area (TPSA) is 55.6 Å². The molecule has 84 valence electrons. The molecule has 2 rings (SSSR count). The van der Waals surface area contributed by atoms with E-state index in [1.54, 1.807) is 6.20 Å². The molecule has 0 unspecified atom stereocenters. The minimum absolute atomic E-state index is 0.804. The normalized spacial score (nSPS) is 10.7. The van der Waals surface area contributed by atoms with Gasteiger partial charge >= 0.3 is 0 Å². The van der Waals surface area contributed by atoms with E-state index in [0.717, 1.165) is 23.8 Å². The summed E-state index contributed by atoms with van der Waals surface area (Å²) in [5, 5.41) is 7.63. The standard InChI is InChI=1S/C11H15N5/c1-8-10(6-12-3)9(2)16(15-8)11-4-5-13-7-14-11/h4-5,7,12H,6H2,1-3H3. The van der Waals surface area contributed by atoms with Gasteiger partial charge in [0.2, 0.25) is 0 Å². The maximum absolute atomic E-state index is 4.49. The summed E-state index contributed by atoms with van der Waals surface area (Å²) in [4.78, 5) is 8.09. The van der Waals surface area contributed by atoms with Gasteiger partial charge in [0.15, 0.2) is 5.82 Å². The lowest BCUT2D eigenvalue weighted by Crippen LogP contribution is -2.07. The second-order valence-electron chi connectivity index (χ2n) is 3.66. The van der Waals surface area contributed by atoms with Gasteiger partial charge in [0.25, 0.3) is 0 Å². The quantitative estimate of drug-likeness (QED) is 0.833. The van der Waals surface area contributed by atoms with Crippen molar-refractivity contribution in [3.63, 3.8) is 0 Å². The summed E-state index contributed by atoms with van der Waals surface area (Å²) < 4.78 is 1.85. The molecule has 0 aromatic carbocycles. The predicted octanol–water partition coefficient (Wildman–Crippen LogP) is 0.999. The summed E-state index contributed by atoms with van der Waals surface area (Å²) >= 11 is 0. The highest BCUT2D eigenvalue weighted by Crippen LogP contribution is 2.15. The number of nitrogens with zero attached hydrogens (tertiary/aromatic N) is 4. The second-order valence-corrected chi connectivity index (χ2v) is 3.66. The Morgan fingerprint density at radius 2 is 2.19 bits per heavy atom. The fourth-order valence-electron chi connectivity index (χ4n) is 1.74. The highest BCUT2D eigenvalue weighted by molar-refractivity contribution is 5.31. The van der Waals surface area contributed by atoms with E-state index >= 15 is 0 Å². The third kappa shape index (κ3) is 1.81. The third-order valence-corrected chi connectivity index (χ3v) is 2.58. The Bertz CT molecular complexity index is 475. The number of nitrogens with one attached hydrogen (secondary N) is 1. The van der Waals surface area contributed by atoms with E-state index in [1.807, 2.05) is 24.7 Å². The average Bonchev–Trinajstić information content (AvgIpc) is 2.59. The predicted molar refractivity (Wildman–Crippen MR) is 61.4 cm³/mol. The summed E-state index contributed by atoms with van der Waals surface area (Å²) in [6.07, 6.45) is 3.25. The maximum Gasteiger partial charge on any atom is 0.156 e. The number of hydrogen-bond donors (Lipinski definition) is 1. The van der Waals surface area contributed by atoms with Gasteiger partial charge in [0.1, 0.15) is 6.33 Å². The van der Waals surface area contributed by atoms with Gasteiger partial charge in [-0.1, -0.05) is 0 Å². The van der Waals surface area contributed by atoms with Gasteiger partial charge in [-0.15, -0.1) is 0 Å². The van der Waals surface area contributed by atoms with Crippen molar-refractivity contribution < 1.29 is 0 Å². The second kappa shape index (κ2) is 4.40. The molecule has 5 nitrogen and oxygen atoms in total. The number of hydrogen-bond acceptors (Lipinski definition) is 4. The number of rotatable bonds is 3. The van der Waals surface area contributed by atoms with Crippen molar-refractivity contribution in [3.8, 4) is 5.82 Å². The van der Waals surface area contributed by atoms with Crippen LogP contribution in [-0.4, -0.2) is 26.8 Å². The van der Waals surface area contributed by atoms with Crippen molar-refractivity contribution in [3.05, 3.63) is 35.5 Å². The molecule has 2 aromatic heterocycles. The molecule has 0 spiro atoms. The van der Waals surface area contributed by atoms with Crippen LogP contribution in [0.3, 0.4) is 0 Å². The largest absolute Gasteiger partial charge is 0.316 e. The first-order valence-electron chi connectivity index (χ1n) is 5.20. The van der Waals surface area contributed by atoms with Gasteiger partial charge in [-0.2, -0.15) is 5.10 Å². The lowest BCUT2D eigenvalue weighted by atomic mass is 10.2. The van der Waals surface area contributed by atoms with Crippen LogP contribution >= 0.6 is 0 Å². The molecular weight excluding hydrogens is 202 g/mol. The van der Waals surface area contributed by atoms with Gasteiger partial charge < -0.3 is 5.32 Å². The highest BCUT2D eigenvalue weighted by atomic mass is 15.3. The minimum atomic E-state index is 0.804.